The zero-order chi connectivity index (χ0) is 35.5. The number of fused-ring (bicyclic) bond motifs is 2. The van der Waals surface area contributed by atoms with E-state index in [1.54, 1.807) is 17.2 Å². The number of anilines is 1. The molecule has 3 saturated heterocycles. The van der Waals surface area contributed by atoms with Gasteiger partial charge < -0.3 is 34.2 Å². The van der Waals surface area contributed by atoms with Gasteiger partial charge in [-0.25, -0.2) is 14.3 Å². The van der Waals surface area contributed by atoms with Gasteiger partial charge in [0.15, 0.2) is 5.65 Å². The molecule has 51 heavy (non-hydrogen) atoms. The number of morpholine rings is 1. The molecule has 4 aromatic rings. The Kier molecular flexibility index (Phi) is 10.3. The van der Waals surface area contributed by atoms with Crippen LogP contribution in [-0.4, -0.2) is 129 Å². The number of nitrogens with one attached hydrogen (secondary N) is 1. The van der Waals surface area contributed by atoms with E-state index in [0.717, 1.165) is 26.1 Å². The first-order chi connectivity index (χ1) is 24.7. The maximum absolute atomic E-state index is 13.6. The number of rotatable bonds is 11. The summed E-state index contributed by atoms with van der Waals surface area (Å²) in [4.78, 5) is 49.2. The summed E-state index contributed by atoms with van der Waals surface area (Å²) < 4.78 is 45.0. The van der Waals surface area contributed by atoms with Crippen LogP contribution in [0.5, 0.6) is 5.75 Å². The summed E-state index contributed by atoms with van der Waals surface area (Å²) in [5, 5.41) is 11.7. The molecule has 3 fully saturated rings. The first kappa shape index (κ1) is 34.6. The number of hydrogen-bond donors (Lipinski definition) is 1. The molecule has 3 aliphatic heterocycles. The van der Waals surface area contributed by atoms with Crippen LogP contribution in [0.25, 0.3) is 16.9 Å². The molecule has 15 nitrogen and oxygen atoms in total. The molecule has 0 bridgehead atoms. The van der Waals surface area contributed by atoms with Gasteiger partial charge in [-0.3, -0.25) is 14.3 Å². The molecule has 3 aliphatic rings. The molecular formula is C33H36ClF2N9O6. The van der Waals surface area contributed by atoms with Gasteiger partial charge in [0.05, 0.1) is 31.7 Å². The number of carbonyl (C=O) groups excluding carboxylic acids is 3. The van der Waals surface area contributed by atoms with Gasteiger partial charge >= 0.3 is 12.7 Å². The number of carbonyl (C=O) groups is 3. The van der Waals surface area contributed by atoms with Crippen LogP contribution in [0.15, 0.2) is 49.1 Å². The van der Waals surface area contributed by atoms with Crippen LogP contribution in [0.2, 0.25) is 5.02 Å². The summed E-state index contributed by atoms with van der Waals surface area (Å²) in [6, 6.07) is 5.77. The van der Waals surface area contributed by atoms with Gasteiger partial charge in [-0.05, 0) is 42.5 Å². The Bertz CT molecular complexity index is 1890. The van der Waals surface area contributed by atoms with Gasteiger partial charge in [0.2, 0.25) is 5.91 Å². The molecule has 0 aliphatic carbocycles. The van der Waals surface area contributed by atoms with E-state index in [0.29, 0.717) is 63.5 Å². The summed E-state index contributed by atoms with van der Waals surface area (Å²) in [6.07, 6.45) is 6.43. The van der Waals surface area contributed by atoms with Gasteiger partial charge in [0.1, 0.15) is 23.6 Å². The van der Waals surface area contributed by atoms with Crippen LogP contribution in [0.3, 0.4) is 0 Å². The highest BCUT2D eigenvalue weighted by Gasteiger charge is 2.41. The maximum atomic E-state index is 13.6. The minimum Gasteiger partial charge on any atom is -0.449 e. The molecule has 18 heteroatoms. The molecule has 3 aromatic heterocycles. The van der Waals surface area contributed by atoms with Crippen LogP contribution in [-0.2, 0) is 20.8 Å². The number of aromatic nitrogens is 5. The second-order valence-corrected chi connectivity index (χ2v) is 13.1. The lowest BCUT2D eigenvalue weighted by Gasteiger charge is -2.26. The van der Waals surface area contributed by atoms with Crippen LogP contribution in [0.4, 0.5) is 19.3 Å². The molecule has 270 valence electrons. The van der Waals surface area contributed by atoms with Crippen LogP contribution in [0.1, 0.15) is 16.8 Å². The Labute approximate surface area is 296 Å². The number of ether oxygens (including phenoxy) is 3. The lowest BCUT2D eigenvalue weighted by molar-refractivity contribution is -0.131. The molecule has 0 spiro atoms. The largest absolute Gasteiger partial charge is 0.449 e. The van der Waals surface area contributed by atoms with Gasteiger partial charge in [-0.1, -0.05) is 11.6 Å². The van der Waals surface area contributed by atoms with Crippen LogP contribution < -0.4 is 10.1 Å². The van der Waals surface area contributed by atoms with Crippen LogP contribution >= 0.6 is 11.6 Å². The summed E-state index contributed by atoms with van der Waals surface area (Å²) in [5.74, 6) is -0.312. The SMILES string of the molecule is O=C(Nc1cn(CC(=O)N2CC3CN(CCCOC(=O)N4CCOCC4)CC3C2)nc1-c1cc(Cl)ccc1OC(F)F)c1cnn2cccnc12. The smallest absolute Gasteiger partial charge is 0.409 e. The van der Waals surface area contributed by atoms with Crippen molar-refractivity contribution in [1.82, 2.24) is 39.1 Å². The quantitative estimate of drug-likeness (QED) is 0.228. The van der Waals surface area contributed by atoms with E-state index in [-0.39, 0.29) is 51.8 Å². The third kappa shape index (κ3) is 7.89. The highest BCUT2D eigenvalue weighted by Crippen LogP contribution is 2.37. The van der Waals surface area contributed by atoms with E-state index in [1.807, 2.05) is 4.90 Å². The lowest BCUT2D eigenvalue weighted by Crippen LogP contribution is -2.41. The zero-order valence-corrected chi connectivity index (χ0v) is 28.3. The minimum atomic E-state index is -3.13. The fourth-order valence-corrected chi connectivity index (χ4v) is 7.03. The van der Waals surface area contributed by atoms with E-state index >= 15 is 0 Å². The Balaban J connectivity index is 0.997. The van der Waals surface area contributed by atoms with Crippen molar-refractivity contribution in [1.29, 1.82) is 0 Å². The van der Waals surface area contributed by atoms with Gasteiger partial charge in [-0.15, -0.1) is 0 Å². The lowest BCUT2D eigenvalue weighted by atomic mass is 10.0. The van der Waals surface area contributed by atoms with E-state index < -0.39 is 12.5 Å². The fourth-order valence-electron chi connectivity index (χ4n) is 6.86. The number of hydrogen-bond acceptors (Lipinski definition) is 10. The van der Waals surface area contributed by atoms with Crippen molar-refractivity contribution in [2.24, 2.45) is 11.8 Å². The minimum absolute atomic E-state index is 0.0864. The van der Waals surface area contributed by atoms with Crippen molar-refractivity contribution >= 4 is 40.8 Å². The van der Waals surface area contributed by atoms with Crippen molar-refractivity contribution in [3.8, 4) is 17.0 Å². The maximum Gasteiger partial charge on any atom is 0.409 e. The second kappa shape index (κ2) is 15.2. The monoisotopic (exact) mass is 727 g/mol. The van der Waals surface area contributed by atoms with E-state index in [9.17, 15) is 23.2 Å². The average molecular weight is 728 g/mol. The highest BCUT2D eigenvalue weighted by molar-refractivity contribution is 6.31. The summed E-state index contributed by atoms with van der Waals surface area (Å²) in [7, 11) is 0. The van der Waals surface area contributed by atoms with Crippen molar-refractivity contribution in [2.45, 2.75) is 19.6 Å². The van der Waals surface area contributed by atoms with E-state index in [2.05, 4.69) is 25.4 Å². The van der Waals surface area contributed by atoms with Gasteiger partial charge in [0.25, 0.3) is 5.91 Å². The number of likely N-dealkylation sites (tertiary alicyclic amines) is 2. The predicted octanol–water partition coefficient (Wildman–Crippen LogP) is 3.35. The first-order valence-corrected chi connectivity index (χ1v) is 17.0. The highest BCUT2D eigenvalue weighted by atomic mass is 35.5. The van der Waals surface area contributed by atoms with Crippen molar-refractivity contribution in [3.63, 3.8) is 0 Å². The number of halogens is 3. The fraction of sp³-hybridized carbons (Fsp3) is 0.455. The van der Waals surface area contributed by atoms with Crippen molar-refractivity contribution < 1.29 is 37.4 Å². The van der Waals surface area contributed by atoms with E-state index in [1.165, 1.54) is 46.0 Å². The normalized spacial score (nSPS) is 19.1. The van der Waals surface area contributed by atoms with Crippen molar-refractivity contribution in [2.75, 3.05) is 71.0 Å². The molecule has 1 aromatic carbocycles. The zero-order valence-electron chi connectivity index (χ0n) is 27.5. The topological polar surface area (TPSA) is 149 Å². The van der Waals surface area contributed by atoms with Gasteiger partial charge in [-0.2, -0.15) is 19.0 Å². The number of benzene rings is 1. The molecule has 0 saturated carbocycles. The number of amides is 3. The second-order valence-electron chi connectivity index (χ2n) is 12.7. The van der Waals surface area contributed by atoms with Gasteiger partial charge in [0, 0.05) is 75.0 Å². The van der Waals surface area contributed by atoms with Crippen LogP contribution in [0, 0.1) is 11.8 Å². The molecular weight excluding hydrogens is 692 g/mol. The summed E-state index contributed by atoms with van der Waals surface area (Å²) in [5.41, 5.74) is 0.826. The molecule has 7 rings (SSSR count). The summed E-state index contributed by atoms with van der Waals surface area (Å²) in [6.45, 7) is 2.88. The molecule has 2 unspecified atom stereocenters. The molecule has 6 heterocycles. The molecule has 1 N–H and O–H groups in total. The Morgan fingerprint density at radius 2 is 1.86 bits per heavy atom. The first-order valence-electron chi connectivity index (χ1n) is 16.6. The third-order valence-corrected chi connectivity index (χ3v) is 9.51. The standard InChI is InChI=1S/C33H36ClF2N9O6/c34-23-3-4-27(51-32(35)36)24(13-23)29-26(39-31(47)25-14-38-45-7-1-5-37-30(25)45)19-44(40-29)20-28(46)43-17-21-15-41(16-22(21)18-43)6-2-10-50-33(48)42-8-11-49-12-9-42/h1,3-5,7,13-14,19,21-22,32H,2,6,8-12,15-18,20H2,(H,39,47). The molecule has 2 atom stereocenters. The predicted molar refractivity (Wildman–Crippen MR) is 179 cm³/mol. The molecule has 3 amide bonds. The van der Waals surface area contributed by atoms with Crippen molar-refractivity contribution in [3.05, 3.63) is 59.6 Å². The Morgan fingerprint density at radius 1 is 1.08 bits per heavy atom. The summed E-state index contributed by atoms with van der Waals surface area (Å²) >= 11 is 6.25. The number of nitrogens with zero attached hydrogens (tertiary/aromatic N) is 8. The Hall–Kier alpha value is -4.87. The average Bonchev–Trinajstić information content (AvgIpc) is 3.90. The number of alkyl halides is 2. The molecule has 0 radical (unpaired) electrons. The third-order valence-electron chi connectivity index (χ3n) is 9.27. The van der Waals surface area contributed by atoms with E-state index in [4.69, 9.17) is 25.8 Å². The Morgan fingerprint density at radius 3 is 2.63 bits per heavy atom.